The number of thiophene rings is 2. The number of aryl methyl sites for hydroxylation is 2. The molecule has 0 fully saturated rings. The zero-order valence-corrected chi connectivity index (χ0v) is 29.5. The summed E-state index contributed by atoms with van der Waals surface area (Å²) in [6.07, 6.45) is 2.99. The van der Waals surface area contributed by atoms with Gasteiger partial charge in [0.2, 0.25) is 11.6 Å². The molecule has 0 bridgehead atoms. The van der Waals surface area contributed by atoms with Crippen molar-refractivity contribution in [3.8, 4) is 20.9 Å². The van der Waals surface area contributed by atoms with Gasteiger partial charge in [0, 0.05) is 41.8 Å². The highest BCUT2D eigenvalue weighted by Gasteiger charge is 2.24. The lowest BCUT2D eigenvalue weighted by atomic mass is 9.96. The molecule has 7 rings (SSSR count). The van der Waals surface area contributed by atoms with Crippen LogP contribution in [0.25, 0.3) is 32.0 Å². The third-order valence-corrected chi connectivity index (χ3v) is 11.5. The number of carbonyl (C=O) groups is 4. The zero-order valence-electron chi connectivity index (χ0n) is 27.8. The molecule has 0 aliphatic heterocycles. The van der Waals surface area contributed by atoms with Crippen LogP contribution in [0.4, 0.5) is 0 Å². The molecule has 0 amide bonds. The Hall–Kier alpha value is -5.30. The Kier molecular flexibility index (Phi) is 9.48. The maximum Gasteiger partial charge on any atom is 0.233 e. The summed E-state index contributed by atoms with van der Waals surface area (Å²) in [7, 11) is 0. The summed E-state index contributed by atoms with van der Waals surface area (Å²) in [6.45, 7) is 4.35. The van der Waals surface area contributed by atoms with E-state index in [9.17, 15) is 19.2 Å². The van der Waals surface area contributed by atoms with Crippen molar-refractivity contribution in [1.82, 2.24) is 0 Å². The fraction of sp³-hybridized carbons (Fsp3) is 0.136. The zero-order chi connectivity index (χ0) is 34.8. The third-order valence-electron chi connectivity index (χ3n) is 9.29. The Balaban J connectivity index is 1.09. The van der Waals surface area contributed by atoms with Crippen molar-refractivity contribution in [1.29, 1.82) is 0 Å². The van der Waals surface area contributed by atoms with Gasteiger partial charge < -0.3 is 0 Å². The lowest BCUT2D eigenvalue weighted by molar-refractivity contribution is 0.0817. The molecule has 2 aromatic heterocycles. The molecule has 0 unspecified atom stereocenters. The van der Waals surface area contributed by atoms with Gasteiger partial charge in [0.1, 0.15) is 0 Å². The van der Waals surface area contributed by atoms with Gasteiger partial charge in [0.25, 0.3) is 0 Å². The Morgan fingerprint density at radius 3 is 1.34 bits per heavy atom. The molecule has 1 aliphatic rings. The molecule has 2 heterocycles. The summed E-state index contributed by atoms with van der Waals surface area (Å²) in [5, 5.41) is 0. The first-order valence-corrected chi connectivity index (χ1v) is 18.3. The van der Waals surface area contributed by atoms with Crippen molar-refractivity contribution >= 4 is 57.0 Å². The number of allylic oxidation sites excluding steroid dienone is 2. The summed E-state index contributed by atoms with van der Waals surface area (Å²) in [6, 6.07) is 37.1. The molecule has 0 spiro atoms. The van der Waals surface area contributed by atoms with Crippen LogP contribution >= 0.6 is 22.7 Å². The number of rotatable bonds is 11. The fourth-order valence-electron chi connectivity index (χ4n) is 6.62. The number of benzene rings is 4. The smallest absolute Gasteiger partial charge is 0.233 e. The third kappa shape index (κ3) is 6.77. The molecule has 4 aromatic carbocycles. The molecule has 0 saturated carbocycles. The number of hydrogen-bond donors (Lipinski definition) is 0. The molecule has 0 radical (unpaired) electrons. The van der Waals surface area contributed by atoms with Crippen molar-refractivity contribution in [2.24, 2.45) is 0 Å². The molecule has 1 aliphatic carbocycles. The summed E-state index contributed by atoms with van der Waals surface area (Å²) in [4.78, 5) is 55.8. The van der Waals surface area contributed by atoms with E-state index in [0.717, 1.165) is 40.1 Å². The van der Waals surface area contributed by atoms with Crippen LogP contribution < -0.4 is 0 Å². The average molecular weight is 691 g/mol. The predicted octanol–water partition coefficient (Wildman–Crippen LogP) is 11.4. The minimum Gasteiger partial charge on any atom is -0.294 e. The van der Waals surface area contributed by atoms with Gasteiger partial charge in [-0.15, -0.1) is 22.7 Å². The molecule has 6 aromatic rings. The maximum atomic E-state index is 12.9. The lowest BCUT2D eigenvalue weighted by Crippen LogP contribution is -2.14. The molecular formula is C44H34O4S2. The second-order valence-corrected chi connectivity index (χ2v) is 15.1. The van der Waals surface area contributed by atoms with Gasteiger partial charge in [-0.3, -0.25) is 19.2 Å². The molecule has 6 heteroatoms. The SMILES string of the molecule is Cc1sc(-c2ccc(C(=O)CC(=O)c3ccccc3)cc2)cc1C1=C(c2cc(-c3ccc(C(=O)C(=O)c4ccccc4)cc3)sc2C)CCC1. The molecule has 0 N–H and O–H groups in total. The molecule has 50 heavy (non-hydrogen) atoms. The van der Waals surface area contributed by atoms with E-state index in [1.165, 1.54) is 32.0 Å². The summed E-state index contributed by atoms with van der Waals surface area (Å²) in [5.74, 6) is -1.35. The van der Waals surface area contributed by atoms with Crippen LogP contribution in [0, 0.1) is 13.8 Å². The fourth-order valence-corrected chi connectivity index (χ4v) is 8.72. The molecule has 0 atom stereocenters. The maximum absolute atomic E-state index is 12.9. The monoisotopic (exact) mass is 690 g/mol. The van der Waals surface area contributed by atoms with E-state index in [2.05, 4.69) is 26.0 Å². The van der Waals surface area contributed by atoms with Crippen LogP contribution in [0.1, 0.15) is 88.0 Å². The standard InChI is InChI=1S/C44H34O4S2/c1-27-37(24-41(49-27)31-18-16-30(17-19-31)40(46)26-39(45)29-10-5-3-6-11-29)35-14-9-15-36(35)38-25-42(50-28(38)2)32-20-22-34(23-21-32)44(48)43(47)33-12-7-4-8-13-33/h3-8,10-13,16-25H,9,14-15,26H2,1-2H3. The van der Waals surface area contributed by atoms with E-state index in [1.807, 2.05) is 48.5 Å². The highest BCUT2D eigenvalue weighted by Crippen LogP contribution is 2.47. The molecule has 246 valence electrons. The number of Topliss-reactive ketones (excluding diaryl/α,β-unsaturated/α-hetero) is 4. The van der Waals surface area contributed by atoms with E-state index in [1.54, 1.807) is 83.3 Å². The second-order valence-electron chi connectivity index (χ2n) is 12.5. The summed E-state index contributed by atoms with van der Waals surface area (Å²) >= 11 is 3.51. The van der Waals surface area contributed by atoms with Crippen molar-refractivity contribution < 1.29 is 19.2 Å². The van der Waals surface area contributed by atoms with Gasteiger partial charge in [-0.25, -0.2) is 0 Å². The first-order chi connectivity index (χ1) is 24.3. The number of ketones is 4. The van der Waals surface area contributed by atoms with Gasteiger partial charge in [-0.2, -0.15) is 0 Å². The van der Waals surface area contributed by atoms with Crippen molar-refractivity contribution in [3.63, 3.8) is 0 Å². The van der Waals surface area contributed by atoms with E-state index in [0.29, 0.717) is 22.3 Å². The Bertz CT molecular complexity index is 2270. The van der Waals surface area contributed by atoms with Gasteiger partial charge in [0.15, 0.2) is 11.6 Å². The van der Waals surface area contributed by atoms with Crippen molar-refractivity contribution in [3.05, 3.63) is 164 Å². The summed E-state index contributed by atoms with van der Waals surface area (Å²) in [5.41, 5.74) is 9.29. The Morgan fingerprint density at radius 2 is 0.880 bits per heavy atom. The Labute approximate surface area is 299 Å². The first-order valence-electron chi connectivity index (χ1n) is 16.7. The van der Waals surface area contributed by atoms with Crippen LogP contribution in [0.5, 0.6) is 0 Å². The van der Waals surface area contributed by atoms with Crippen molar-refractivity contribution in [2.45, 2.75) is 39.5 Å². The van der Waals surface area contributed by atoms with Crippen LogP contribution in [0.2, 0.25) is 0 Å². The molecular weight excluding hydrogens is 657 g/mol. The minimum atomic E-state index is -0.503. The number of hydrogen-bond acceptors (Lipinski definition) is 6. The normalized spacial score (nSPS) is 12.7. The van der Waals surface area contributed by atoms with Crippen LogP contribution in [-0.4, -0.2) is 23.1 Å². The number of carbonyl (C=O) groups excluding carboxylic acids is 4. The summed E-state index contributed by atoms with van der Waals surface area (Å²) < 4.78 is 0. The largest absolute Gasteiger partial charge is 0.294 e. The average Bonchev–Trinajstić information content (AvgIpc) is 3.89. The van der Waals surface area contributed by atoms with E-state index >= 15 is 0 Å². The molecule has 0 saturated heterocycles. The first kappa shape index (κ1) is 33.2. The van der Waals surface area contributed by atoms with Crippen LogP contribution in [0.15, 0.2) is 121 Å². The van der Waals surface area contributed by atoms with Gasteiger partial charge >= 0.3 is 0 Å². The molecule has 4 nitrogen and oxygen atoms in total. The van der Waals surface area contributed by atoms with E-state index < -0.39 is 11.6 Å². The second kappa shape index (κ2) is 14.3. The quantitative estimate of drug-likeness (QED) is 0.0771. The van der Waals surface area contributed by atoms with Gasteiger partial charge in [-0.1, -0.05) is 109 Å². The predicted molar refractivity (Wildman–Crippen MR) is 204 cm³/mol. The highest BCUT2D eigenvalue weighted by atomic mass is 32.1. The Morgan fingerprint density at radius 1 is 0.500 bits per heavy atom. The van der Waals surface area contributed by atoms with E-state index in [-0.39, 0.29) is 18.0 Å². The van der Waals surface area contributed by atoms with Crippen molar-refractivity contribution in [2.75, 3.05) is 0 Å². The van der Waals surface area contributed by atoms with Gasteiger partial charge in [0.05, 0.1) is 6.42 Å². The highest BCUT2D eigenvalue weighted by molar-refractivity contribution is 7.16. The minimum absolute atomic E-state index is 0.146. The lowest BCUT2D eigenvalue weighted by Gasteiger charge is -2.07. The van der Waals surface area contributed by atoms with E-state index in [4.69, 9.17) is 0 Å². The topological polar surface area (TPSA) is 68.3 Å². The van der Waals surface area contributed by atoms with Crippen LogP contribution in [0.3, 0.4) is 0 Å². The van der Waals surface area contributed by atoms with Crippen LogP contribution in [-0.2, 0) is 0 Å². The van der Waals surface area contributed by atoms with Gasteiger partial charge in [-0.05, 0) is 78.6 Å².